The van der Waals surface area contributed by atoms with E-state index in [0.717, 1.165) is 29.9 Å². The molecule has 1 unspecified atom stereocenters. The van der Waals surface area contributed by atoms with Gasteiger partial charge in [0.1, 0.15) is 0 Å². The number of nitro benzene ring substituents is 1. The van der Waals surface area contributed by atoms with Crippen molar-refractivity contribution in [3.05, 3.63) is 39.4 Å². The number of nitrogens with zero attached hydrogens (tertiary/aromatic N) is 1. The average molecular weight is 262 g/mol. The number of non-ortho nitro benzene ring substituents is 1. The molecule has 1 aliphatic rings. The third kappa shape index (κ3) is 3.77. The van der Waals surface area contributed by atoms with Gasteiger partial charge in [-0.2, -0.15) is 0 Å². The van der Waals surface area contributed by atoms with Gasteiger partial charge in [-0.05, 0) is 36.8 Å². The van der Waals surface area contributed by atoms with E-state index in [-0.39, 0.29) is 16.7 Å². The molecule has 0 radical (unpaired) electrons. The molecule has 1 aromatic carbocycles. The van der Waals surface area contributed by atoms with E-state index >= 15 is 0 Å². The zero-order valence-corrected chi connectivity index (χ0v) is 11.5. The topological polar surface area (TPSA) is 69.2 Å². The van der Waals surface area contributed by atoms with Crippen LogP contribution in [0.15, 0.2) is 18.2 Å². The summed E-state index contributed by atoms with van der Waals surface area (Å²) in [4.78, 5) is 10.5. The summed E-state index contributed by atoms with van der Waals surface area (Å²) in [6.07, 6.45) is 7.39. The zero-order valence-electron chi connectivity index (χ0n) is 11.5. The van der Waals surface area contributed by atoms with E-state index in [0.29, 0.717) is 0 Å². The number of nitrogens with two attached hydrogens (primary N) is 1. The second kappa shape index (κ2) is 6.15. The summed E-state index contributed by atoms with van der Waals surface area (Å²) < 4.78 is 0. The Kier molecular flexibility index (Phi) is 4.53. The molecule has 19 heavy (non-hydrogen) atoms. The van der Waals surface area contributed by atoms with Crippen LogP contribution in [0.3, 0.4) is 0 Å². The highest BCUT2D eigenvalue weighted by Gasteiger charge is 2.18. The molecule has 2 N–H and O–H groups in total. The molecule has 0 amide bonds. The molecule has 1 atom stereocenters. The lowest BCUT2D eigenvalue weighted by Crippen LogP contribution is -2.12. The lowest BCUT2D eigenvalue weighted by molar-refractivity contribution is -0.385. The predicted octanol–water partition coefficient (Wildman–Crippen LogP) is 3.87. The van der Waals surface area contributed by atoms with Crippen LogP contribution in [0.2, 0.25) is 0 Å². The van der Waals surface area contributed by atoms with Crippen molar-refractivity contribution in [1.29, 1.82) is 0 Å². The molecule has 0 aliphatic heterocycles. The Morgan fingerprint density at radius 1 is 1.37 bits per heavy atom. The predicted molar refractivity (Wildman–Crippen MR) is 76.0 cm³/mol. The fraction of sp³-hybridized carbons (Fsp3) is 0.600. The third-order valence-corrected chi connectivity index (χ3v) is 4.08. The Balaban J connectivity index is 2.01. The summed E-state index contributed by atoms with van der Waals surface area (Å²) in [5, 5.41) is 10.9. The first kappa shape index (κ1) is 14.0. The second-order valence-electron chi connectivity index (χ2n) is 5.69. The van der Waals surface area contributed by atoms with Crippen molar-refractivity contribution in [3.8, 4) is 0 Å². The lowest BCUT2D eigenvalue weighted by Gasteiger charge is -2.15. The lowest BCUT2D eigenvalue weighted by atomic mass is 9.94. The quantitative estimate of drug-likeness (QED) is 0.646. The van der Waals surface area contributed by atoms with Gasteiger partial charge in [-0.3, -0.25) is 10.1 Å². The van der Waals surface area contributed by atoms with Gasteiger partial charge >= 0.3 is 0 Å². The van der Waals surface area contributed by atoms with Crippen LogP contribution in [0.1, 0.15) is 55.7 Å². The van der Waals surface area contributed by atoms with E-state index in [9.17, 15) is 10.1 Å². The first-order chi connectivity index (χ1) is 9.06. The first-order valence-electron chi connectivity index (χ1n) is 7.08. The zero-order chi connectivity index (χ0) is 13.8. The summed E-state index contributed by atoms with van der Waals surface area (Å²) in [6.45, 7) is 1.88. The van der Waals surface area contributed by atoms with Gasteiger partial charge in [0.2, 0.25) is 0 Å². The van der Waals surface area contributed by atoms with Crippen LogP contribution in [-0.4, -0.2) is 4.92 Å². The van der Waals surface area contributed by atoms with Crippen molar-refractivity contribution in [3.63, 3.8) is 0 Å². The largest absolute Gasteiger partial charge is 0.324 e. The molecule has 4 nitrogen and oxygen atoms in total. The molecule has 1 fully saturated rings. The Hall–Kier alpha value is -1.42. The number of rotatable bonds is 5. The van der Waals surface area contributed by atoms with Gasteiger partial charge in [-0.1, -0.05) is 31.7 Å². The highest BCUT2D eigenvalue weighted by molar-refractivity contribution is 5.40. The number of benzene rings is 1. The van der Waals surface area contributed by atoms with Gasteiger partial charge in [0, 0.05) is 18.2 Å². The minimum absolute atomic E-state index is 0.0841. The number of hydrogen-bond donors (Lipinski definition) is 1. The Morgan fingerprint density at radius 3 is 2.68 bits per heavy atom. The molecule has 0 bridgehead atoms. The minimum atomic E-state index is -0.347. The Morgan fingerprint density at radius 2 is 2.05 bits per heavy atom. The van der Waals surface area contributed by atoms with Gasteiger partial charge in [0.25, 0.3) is 5.69 Å². The van der Waals surface area contributed by atoms with Crippen molar-refractivity contribution in [2.45, 2.75) is 51.5 Å². The number of hydrogen-bond acceptors (Lipinski definition) is 3. The fourth-order valence-corrected chi connectivity index (χ4v) is 2.99. The van der Waals surface area contributed by atoms with Gasteiger partial charge in [0.15, 0.2) is 0 Å². The van der Waals surface area contributed by atoms with Crippen LogP contribution in [0.4, 0.5) is 5.69 Å². The fourth-order valence-electron chi connectivity index (χ4n) is 2.99. The summed E-state index contributed by atoms with van der Waals surface area (Å²) in [5.41, 5.74) is 8.13. The molecule has 1 aromatic rings. The highest BCUT2D eigenvalue weighted by atomic mass is 16.6. The Bertz CT molecular complexity index is 453. The van der Waals surface area contributed by atoms with Crippen molar-refractivity contribution >= 4 is 5.69 Å². The van der Waals surface area contributed by atoms with Crippen molar-refractivity contribution in [1.82, 2.24) is 0 Å². The van der Waals surface area contributed by atoms with Gasteiger partial charge in [0.05, 0.1) is 4.92 Å². The van der Waals surface area contributed by atoms with Crippen LogP contribution < -0.4 is 5.73 Å². The highest BCUT2D eigenvalue weighted by Crippen LogP contribution is 2.31. The van der Waals surface area contributed by atoms with Crippen LogP contribution in [0.5, 0.6) is 0 Å². The smallest absolute Gasteiger partial charge is 0.270 e. The molecule has 2 rings (SSSR count). The van der Waals surface area contributed by atoms with E-state index in [1.807, 2.05) is 13.0 Å². The van der Waals surface area contributed by atoms with Gasteiger partial charge in [-0.15, -0.1) is 0 Å². The molecule has 0 spiro atoms. The second-order valence-corrected chi connectivity index (χ2v) is 5.69. The van der Waals surface area contributed by atoms with Crippen molar-refractivity contribution < 1.29 is 4.92 Å². The number of aryl methyl sites for hydroxylation is 1. The average Bonchev–Trinajstić information content (AvgIpc) is 2.88. The SMILES string of the molecule is Cc1cc(C(N)CCC2CCCC2)cc([N+](=O)[O-])c1. The molecule has 1 aliphatic carbocycles. The van der Waals surface area contributed by atoms with Crippen molar-refractivity contribution in [2.24, 2.45) is 11.7 Å². The molecule has 0 aromatic heterocycles. The first-order valence-corrected chi connectivity index (χ1v) is 7.08. The van der Waals surface area contributed by atoms with Gasteiger partial charge < -0.3 is 5.73 Å². The van der Waals surface area contributed by atoms with Gasteiger partial charge in [-0.25, -0.2) is 0 Å². The number of nitro groups is 1. The van der Waals surface area contributed by atoms with Crippen LogP contribution >= 0.6 is 0 Å². The van der Waals surface area contributed by atoms with E-state index in [1.165, 1.54) is 25.7 Å². The standard InChI is InChI=1S/C15H22N2O2/c1-11-8-13(10-14(9-11)17(18)19)15(16)7-6-12-4-2-3-5-12/h8-10,12,15H,2-7,16H2,1H3. The molecular weight excluding hydrogens is 240 g/mol. The molecule has 104 valence electrons. The summed E-state index contributed by atoms with van der Waals surface area (Å²) in [7, 11) is 0. The maximum Gasteiger partial charge on any atom is 0.270 e. The van der Waals surface area contributed by atoms with Crippen molar-refractivity contribution in [2.75, 3.05) is 0 Å². The monoisotopic (exact) mass is 262 g/mol. The van der Waals surface area contributed by atoms with Crippen LogP contribution in [0.25, 0.3) is 0 Å². The van der Waals surface area contributed by atoms with E-state index in [2.05, 4.69) is 0 Å². The third-order valence-electron chi connectivity index (χ3n) is 4.08. The molecule has 1 saturated carbocycles. The van der Waals surface area contributed by atoms with Crippen LogP contribution in [-0.2, 0) is 0 Å². The summed E-state index contributed by atoms with van der Waals surface area (Å²) in [5.74, 6) is 0.811. The molecule has 0 heterocycles. The molecule has 4 heteroatoms. The minimum Gasteiger partial charge on any atom is -0.324 e. The van der Waals surface area contributed by atoms with E-state index in [1.54, 1.807) is 12.1 Å². The maximum atomic E-state index is 10.9. The molecular formula is C15H22N2O2. The van der Waals surface area contributed by atoms with Crippen LogP contribution in [0, 0.1) is 23.0 Å². The van der Waals surface area contributed by atoms with E-state index < -0.39 is 0 Å². The summed E-state index contributed by atoms with van der Waals surface area (Å²) >= 11 is 0. The van der Waals surface area contributed by atoms with E-state index in [4.69, 9.17) is 5.73 Å². The molecule has 0 saturated heterocycles. The summed E-state index contributed by atoms with van der Waals surface area (Å²) in [6, 6.07) is 5.09. The maximum absolute atomic E-state index is 10.9. The normalized spacial score (nSPS) is 17.6. The Labute approximate surface area is 114 Å².